The number of carboxylic acid groups (broad SMARTS) is 1. The molecule has 2 unspecified atom stereocenters. The minimum Gasteiger partial charge on any atom is -0.496 e. The maximum atomic E-state index is 13.7. The molecular weight excluding hydrogens is 779 g/mol. The topological polar surface area (TPSA) is 135 Å². The number of thiophene rings is 1. The minimum atomic E-state index is -1.34. The average molecular weight is 816 g/mol. The highest BCUT2D eigenvalue weighted by Crippen LogP contribution is 2.44. The van der Waals surface area contributed by atoms with Gasteiger partial charge in [0.1, 0.15) is 35.1 Å². The van der Waals surface area contributed by atoms with Gasteiger partial charge in [-0.15, -0.1) is 11.3 Å². The summed E-state index contributed by atoms with van der Waals surface area (Å²) in [6.07, 6.45) is 2.94. The van der Waals surface area contributed by atoms with E-state index in [1.807, 2.05) is 56.3 Å². The van der Waals surface area contributed by atoms with Gasteiger partial charge in [0.2, 0.25) is 12.0 Å². The van der Waals surface area contributed by atoms with Crippen LogP contribution in [-0.2, 0) is 33.7 Å². The van der Waals surface area contributed by atoms with E-state index in [4.69, 9.17) is 28.7 Å². The monoisotopic (exact) mass is 814 g/mol. The van der Waals surface area contributed by atoms with Gasteiger partial charge in [-0.25, -0.2) is 29.1 Å². The first-order valence-corrected chi connectivity index (χ1v) is 18.8. The zero-order valence-corrected chi connectivity index (χ0v) is 32.0. The number of carbonyl (C=O) groups is 1. The van der Waals surface area contributed by atoms with Crippen molar-refractivity contribution in [3.63, 3.8) is 0 Å². The van der Waals surface area contributed by atoms with Gasteiger partial charge in [0.05, 0.1) is 45.8 Å². The van der Waals surface area contributed by atoms with Crippen LogP contribution in [0.25, 0.3) is 32.0 Å². The summed E-state index contributed by atoms with van der Waals surface area (Å²) in [5.74, 6) is -0.439. The van der Waals surface area contributed by atoms with Crippen molar-refractivity contribution >= 4 is 43.5 Å². The first-order chi connectivity index (χ1) is 26.1. The Morgan fingerprint density at radius 3 is 2.65 bits per heavy atom. The van der Waals surface area contributed by atoms with E-state index in [0.29, 0.717) is 56.3 Å². The summed E-state index contributed by atoms with van der Waals surface area (Å²) in [4.78, 5) is 32.1. The molecule has 1 aliphatic rings. The van der Waals surface area contributed by atoms with Crippen LogP contribution in [0.3, 0.4) is 0 Å². The number of nitrogens with zero attached hydrogens (tertiary/aromatic N) is 4. The van der Waals surface area contributed by atoms with Gasteiger partial charge in [-0.3, -0.25) is 0 Å². The molecule has 1 fully saturated rings. The number of hydrogen-bond acceptors (Lipinski definition) is 11. The summed E-state index contributed by atoms with van der Waals surface area (Å²) < 4.78 is 44.1. The molecule has 278 valence electrons. The Labute approximate surface area is 323 Å². The van der Waals surface area contributed by atoms with E-state index in [1.54, 1.807) is 31.5 Å². The number of para-hydroxylation sites is 1. The molecule has 7 rings (SSSR count). The second-order valence-corrected chi connectivity index (χ2v) is 14.8. The van der Waals surface area contributed by atoms with Crippen molar-refractivity contribution in [1.29, 1.82) is 0 Å². The van der Waals surface area contributed by atoms with E-state index in [2.05, 4.69) is 30.9 Å². The summed E-state index contributed by atoms with van der Waals surface area (Å²) in [5, 5.41) is 11.0. The smallest absolute Gasteiger partial charge is 0.345 e. The van der Waals surface area contributed by atoms with Gasteiger partial charge >= 0.3 is 5.97 Å². The molecule has 1 aliphatic heterocycles. The van der Waals surface area contributed by atoms with E-state index in [0.717, 1.165) is 28.0 Å². The lowest BCUT2D eigenvalue weighted by Crippen LogP contribution is -2.30. The average Bonchev–Trinajstić information content (AvgIpc) is 3.71. The van der Waals surface area contributed by atoms with E-state index in [1.165, 1.54) is 29.8 Å². The Morgan fingerprint density at radius 2 is 1.89 bits per heavy atom. The summed E-state index contributed by atoms with van der Waals surface area (Å²) >= 11 is 5.01. The zero-order valence-electron chi connectivity index (χ0n) is 29.6. The zero-order chi connectivity index (χ0) is 37.8. The molecule has 3 aromatic carbocycles. The van der Waals surface area contributed by atoms with Crippen LogP contribution in [0.15, 0.2) is 89.8 Å². The molecule has 1 N–H and O–H groups in total. The normalized spacial score (nSPS) is 15.6. The Morgan fingerprint density at radius 1 is 1.07 bits per heavy atom. The molecule has 0 radical (unpaired) electrons. The van der Waals surface area contributed by atoms with Crippen LogP contribution >= 0.6 is 27.3 Å². The predicted molar refractivity (Wildman–Crippen MR) is 204 cm³/mol. The number of aryl methyl sites for hydroxylation is 1. The molecule has 0 spiro atoms. The summed E-state index contributed by atoms with van der Waals surface area (Å²) in [7, 11) is 1.60. The fourth-order valence-electron chi connectivity index (χ4n) is 6.17. The van der Waals surface area contributed by atoms with Crippen LogP contribution in [0.4, 0.5) is 4.39 Å². The fourth-order valence-corrected chi connectivity index (χ4v) is 8.16. The van der Waals surface area contributed by atoms with E-state index in [9.17, 15) is 14.3 Å². The van der Waals surface area contributed by atoms with Crippen molar-refractivity contribution in [3.05, 3.63) is 112 Å². The highest BCUT2D eigenvalue weighted by molar-refractivity contribution is 9.10. The van der Waals surface area contributed by atoms with Crippen molar-refractivity contribution < 1.29 is 38.0 Å². The van der Waals surface area contributed by atoms with E-state index in [-0.39, 0.29) is 30.8 Å². The van der Waals surface area contributed by atoms with Gasteiger partial charge in [-0.2, -0.15) is 0 Å². The lowest BCUT2D eigenvalue weighted by Gasteiger charge is -2.19. The third-order valence-corrected chi connectivity index (χ3v) is 11.0. The van der Waals surface area contributed by atoms with Gasteiger partial charge < -0.3 is 28.8 Å². The van der Waals surface area contributed by atoms with Crippen molar-refractivity contribution in [1.82, 2.24) is 19.9 Å². The van der Waals surface area contributed by atoms with Crippen molar-refractivity contribution in [3.8, 4) is 39.2 Å². The molecule has 3 aromatic heterocycles. The standard InChI is InChI=1S/C40H36BrFN4O7S/c1-40(2)51-21-28(53-40)14-8-23-9-15-30(50-20-27-16-17-43-36(46-27)29-6-4-5-7-31(29)49-3)25(18-23)19-32(39(47)48)52-37-33-34(41)35(54-38(33)45-22-44-37)24-10-12-26(42)13-11-24/h4-7,9-13,15-18,22,28,32H,8,14,19-21H2,1-3H3,(H,47,48). The highest BCUT2D eigenvalue weighted by Gasteiger charge is 2.32. The highest BCUT2D eigenvalue weighted by atomic mass is 79.9. The predicted octanol–water partition coefficient (Wildman–Crippen LogP) is 8.46. The molecule has 14 heteroatoms. The molecule has 6 aromatic rings. The number of benzene rings is 3. The van der Waals surface area contributed by atoms with Crippen LogP contribution in [0.5, 0.6) is 17.4 Å². The van der Waals surface area contributed by atoms with Gasteiger partial charge in [0.15, 0.2) is 11.6 Å². The Bertz CT molecular complexity index is 2290. The first kappa shape index (κ1) is 37.3. The second kappa shape index (κ2) is 16.1. The number of fused-ring (bicyclic) bond motifs is 1. The van der Waals surface area contributed by atoms with Crippen LogP contribution in [0.2, 0.25) is 0 Å². The van der Waals surface area contributed by atoms with Crippen LogP contribution in [-0.4, -0.2) is 62.7 Å². The minimum absolute atomic E-state index is 0.0388. The Hall–Kier alpha value is -5.02. The summed E-state index contributed by atoms with van der Waals surface area (Å²) in [6, 6.07) is 21.1. The van der Waals surface area contributed by atoms with Crippen molar-refractivity contribution in [2.24, 2.45) is 0 Å². The number of hydrogen-bond donors (Lipinski definition) is 1. The number of ether oxygens (including phenoxy) is 5. The molecule has 1 saturated heterocycles. The third kappa shape index (κ3) is 8.52. The maximum absolute atomic E-state index is 13.7. The van der Waals surface area contributed by atoms with Gasteiger partial charge in [0.25, 0.3) is 0 Å². The fraction of sp³-hybridized carbons (Fsp3) is 0.275. The second-order valence-electron chi connectivity index (χ2n) is 13.1. The number of halogens is 2. The molecule has 0 saturated carbocycles. The molecule has 11 nitrogen and oxygen atoms in total. The molecule has 0 amide bonds. The molecular formula is C40H36BrFN4O7S. The van der Waals surface area contributed by atoms with Gasteiger partial charge in [-0.1, -0.05) is 36.4 Å². The third-order valence-electron chi connectivity index (χ3n) is 8.82. The molecule has 2 atom stereocenters. The van der Waals surface area contributed by atoms with Crippen LogP contribution in [0.1, 0.15) is 37.1 Å². The lowest BCUT2D eigenvalue weighted by atomic mass is 10.00. The summed E-state index contributed by atoms with van der Waals surface area (Å²) in [5.41, 5.74) is 3.74. The molecule has 0 aliphatic carbocycles. The number of rotatable bonds is 14. The van der Waals surface area contributed by atoms with Crippen LogP contribution < -0.4 is 14.2 Å². The summed E-state index contributed by atoms with van der Waals surface area (Å²) in [6.45, 7) is 4.38. The lowest BCUT2D eigenvalue weighted by molar-refractivity contribution is -0.145. The number of methoxy groups -OCH3 is 1. The van der Waals surface area contributed by atoms with Crippen LogP contribution in [0, 0.1) is 5.82 Å². The van der Waals surface area contributed by atoms with E-state index < -0.39 is 17.9 Å². The maximum Gasteiger partial charge on any atom is 0.345 e. The number of aliphatic carboxylic acids is 1. The molecule has 0 bridgehead atoms. The Kier molecular flexibility index (Phi) is 11.2. The molecule has 4 heterocycles. The first-order valence-electron chi connectivity index (χ1n) is 17.2. The quantitative estimate of drug-likeness (QED) is 0.114. The SMILES string of the molecule is COc1ccccc1-c1nccc(COc2ccc(CCC3COC(C)(C)O3)cc2CC(Oc2ncnc3sc(-c4ccc(F)cc4)c(Br)c23)C(=O)O)n1. The Balaban J connectivity index is 1.16. The number of carboxylic acids is 1. The van der Waals surface area contributed by atoms with Crippen molar-refractivity contribution in [2.45, 2.75) is 57.7 Å². The largest absolute Gasteiger partial charge is 0.496 e. The van der Waals surface area contributed by atoms with E-state index >= 15 is 0 Å². The van der Waals surface area contributed by atoms with Crippen molar-refractivity contribution in [2.75, 3.05) is 13.7 Å². The molecule has 54 heavy (non-hydrogen) atoms. The number of aromatic nitrogens is 4. The van der Waals surface area contributed by atoms with Gasteiger partial charge in [0, 0.05) is 12.6 Å². The van der Waals surface area contributed by atoms with Gasteiger partial charge in [-0.05, 0) is 95.7 Å².